The minimum absolute atomic E-state index is 0.440. The summed E-state index contributed by atoms with van der Waals surface area (Å²) in [5.74, 6) is 2.71. The number of para-hydroxylation sites is 1. The maximum atomic E-state index is 5.97. The quantitative estimate of drug-likeness (QED) is 0.896. The number of nitrogens with zero attached hydrogens (tertiary/aromatic N) is 1. The molecular weight excluding hydrogens is 296 g/mol. The molecule has 122 valence electrons. The van der Waals surface area contributed by atoms with Gasteiger partial charge in [-0.25, -0.2) is 4.99 Å². The number of hydrogen-bond donors (Lipinski definition) is 1. The van der Waals surface area contributed by atoms with E-state index in [0.29, 0.717) is 29.8 Å². The van der Waals surface area contributed by atoms with Crippen molar-refractivity contribution in [2.75, 3.05) is 11.9 Å². The second kappa shape index (κ2) is 5.66. The second-order valence-corrected chi connectivity index (χ2v) is 7.30. The van der Waals surface area contributed by atoms with Crippen molar-refractivity contribution in [3.8, 4) is 0 Å². The van der Waals surface area contributed by atoms with Gasteiger partial charge >= 0.3 is 0 Å². The van der Waals surface area contributed by atoms with Gasteiger partial charge in [0.15, 0.2) is 0 Å². The summed E-state index contributed by atoms with van der Waals surface area (Å²) in [5.41, 5.74) is 2.54. The third-order valence-electron chi connectivity index (χ3n) is 6.05. The van der Waals surface area contributed by atoms with Crippen molar-refractivity contribution in [3.63, 3.8) is 0 Å². The van der Waals surface area contributed by atoms with Crippen molar-refractivity contribution in [2.45, 2.75) is 24.8 Å². The van der Waals surface area contributed by atoms with Crippen LogP contribution in [0, 0.1) is 17.8 Å². The van der Waals surface area contributed by atoms with E-state index in [1.165, 1.54) is 18.4 Å². The number of aliphatic imine (C=N–C) groups is 1. The van der Waals surface area contributed by atoms with Crippen LogP contribution in [-0.4, -0.2) is 18.7 Å². The average Bonchev–Trinajstić information content (AvgIpc) is 3.23. The molecule has 0 aromatic heterocycles. The highest BCUT2D eigenvalue weighted by Crippen LogP contribution is 2.57. The van der Waals surface area contributed by atoms with Crippen molar-refractivity contribution in [2.24, 2.45) is 22.7 Å². The lowest BCUT2D eigenvalue weighted by molar-refractivity contribution is 0.132. The summed E-state index contributed by atoms with van der Waals surface area (Å²) in [5, 5.41) is 3.32. The lowest BCUT2D eigenvalue weighted by atomic mass is 9.75. The van der Waals surface area contributed by atoms with Gasteiger partial charge in [0.05, 0.1) is 12.6 Å². The Morgan fingerprint density at radius 1 is 0.875 bits per heavy atom. The van der Waals surface area contributed by atoms with E-state index in [1.54, 1.807) is 0 Å². The number of ether oxygens (including phenoxy) is 1. The fourth-order valence-corrected chi connectivity index (χ4v) is 5.03. The minimum Gasteiger partial charge on any atom is -0.465 e. The number of benzene rings is 2. The normalized spacial score (nSPS) is 33.5. The molecule has 24 heavy (non-hydrogen) atoms. The average molecular weight is 318 g/mol. The minimum atomic E-state index is 0.440. The number of anilines is 1. The molecule has 0 amide bonds. The molecular formula is C21H22N2O. The molecule has 1 heterocycles. The molecule has 5 rings (SSSR count). The van der Waals surface area contributed by atoms with Crippen LogP contribution in [0.3, 0.4) is 0 Å². The number of amidine groups is 1. The maximum absolute atomic E-state index is 5.97. The summed E-state index contributed by atoms with van der Waals surface area (Å²) < 4.78 is 5.97. The second-order valence-electron chi connectivity index (χ2n) is 7.30. The monoisotopic (exact) mass is 318 g/mol. The summed E-state index contributed by atoms with van der Waals surface area (Å²) in [6.07, 6.45) is 2.58. The van der Waals surface area contributed by atoms with Crippen LogP contribution < -0.4 is 5.32 Å². The Morgan fingerprint density at radius 3 is 2.42 bits per heavy atom. The lowest BCUT2D eigenvalue weighted by Gasteiger charge is -2.37. The van der Waals surface area contributed by atoms with Crippen molar-refractivity contribution in [1.82, 2.24) is 0 Å². The van der Waals surface area contributed by atoms with Crippen LogP contribution in [0.25, 0.3) is 0 Å². The fraction of sp³-hybridized carbons (Fsp3) is 0.381. The molecule has 3 aliphatic rings. The molecule has 2 aliphatic carbocycles. The highest BCUT2D eigenvalue weighted by molar-refractivity contribution is 5.89. The predicted octanol–water partition coefficient (Wildman–Crippen LogP) is 4.29. The molecule has 0 saturated heterocycles. The Kier molecular flexibility index (Phi) is 3.32. The van der Waals surface area contributed by atoms with E-state index in [0.717, 1.165) is 18.2 Å². The van der Waals surface area contributed by atoms with E-state index in [2.05, 4.69) is 35.6 Å². The van der Waals surface area contributed by atoms with Gasteiger partial charge in [0.1, 0.15) is 0 Å². The molecule has 1 N–H and O–H groups in total. The molecule has 3 heteroatoms. The van der Waals surface area contributed by atoms with Crippen LogP contribution in [0.2, 0.25) is 0 Å². The molecule has 3 nitrogen and oxygen atoms in total. The zero-order valence-corrected chi connectivity index (χ0v) is 13.6. The van der Waals surface area contributed by atoms with Gasteiger partial charge in [-0.1, -0.05) is 48.5 Å². The fourth-order valence-electron chi connectivity index (χ4n) is 5.03. The highest BCUT2D eigenvalue weighted by Gasteiger charge is 2.54. The van der Waals surface area contributed by atoms with Gasteiger partial charge < -0.3 is 10.1 Å². The SMILES string of the molecule is c1ccc(NC2=N[C@@H]3[C@H]4C[C@@H]([C@@H]3CO2)[C@H](c2ccccc2)C4)cc1. The van der Waals surface area contributed by atoms with Crippen molar-refractivity contribution < 1.29 is 4.74 Å². The Morgan fingerprint density at radius 2 is 1.62 bits per heavy atom. The molecule has 0 radical (unpaired) electrons. The predicted molar refractivity (Wildman–Crippen MR) is 96.1 cm³/mol. The first-order valence-electron chi connectivity index (χ1n) is 8.96. The Balaban J connectivity index is 1.34. The van der Waals surface area contributed by atoms with E-state index >= 15 is 0 Å². The van der Waals surface area contributed by atoms with Gasteiger partial charge in [0.25, 0.3) is 6.02 Å². The van der Waals surface area contributed by atoms with Crippen LogP contribution in [0.4, 0.5) is 5.69 Å². The van der Waals surface area contributed by atoms with Gasteiger partial charge in [-0.2, -0.15) is 0 Å². The molecule has 2 aromatic rings. The number of nitrogens with one attached hydrogen (secondary N) is 1. The van der Waals surface area contributed by atoms with Crippen molar-refractivity contribution in [3.05, 3.63) is 66.2 Å². The smallest absolute Gasteiger partial charge is 0.289 e. The van der Waals surface area contributed by atoms with Gasteiger partial charge in [0, 0.05) is 11.6 Å². The van der Waals surface area contributed by atoms with Crippen LogP contribution in [-0.2, 0) is 4.74 Å². The summed E-state index contributed by atoms with van der Waals surface area (Å²) in [7, 11) is 0. The number of hydrogen-bond acceptors (Lipinski definition) is 3. The van der Waals surface area contributed by atoms with Crippen LogP contribution in [0.5, 0.6) is 0 Å². The molecule has 0 spiro atoms. The standard InChI is InChI=1S/C21H22N2O/c1-3-7-14(8-4-1)17-11-15-12-18(17)19-13-24-21(23-20(15)19)22-16-9-5-2-6-10-16/h1-10,15,17-20H,11-13H2,(H,22,23)/t15-,17+,18-,19+,20-/m1/s1. The third kappa shape index (κ3) is 2.31. The van der Waals surface area contributed by atoms with Gasteiger partial charge in [-0.15, -0.1) is 0 Å². The summed E-state index contributed by atoms with van der Waals surface area (Å²) >= 11 is 0. The first-order chi connectivity index (χ1) is 11.9. The van der Waals surface area contributed by atoms with Gasteiger partial charge in [-0.3, -0.25) is 0 Å². The Bertz CT molecular complexity index is 743. The molecule has 5 atom stereocenters. The number of fused-ring (bicyclic) bond motifs is 5. The largest absolute Gasteiger partial charge is 0.465 e. The Hall–Kier alpha value is -2.29. The van der Waals surface area contributed by atoms with E-state index in [4.69, 9.17) is 9.73 Å². The highest BCUT2D eigenvalue weighted by atomic mass is 16.5. The van der Waals surface area contributed by atoms with E-state index in [9.17, 15) is 0 Å². The van der Waals surface area contributed by atoms with Crippen molar-refractivity contribution >= 4 is 11.7 Å². The zero-order chi connectivity index (χ0) is 15.9. The summed E-state index contributed by atoms with van der Waals surface area (Å²) in [6, 6.07) is 22.3. The number of rotatable bonds is 2. The molecule has 2 fully saturated rings. The molecule has 2 bridgehead atoms. The Labute approximate surface area is 142 Å². The van der Waals surface area contributed by atoms with Crippen molar-refractivity contribution in [1.29, 1.82) is 0 Å². The molecule has 1 aliphatic heterocycles. The van der Waals surface area contributed by atoms with E-state index in [-0.39, 0.29) is 0 Å². The van der Waals surface area contributed by atoms with E-state index < -0.39 is 0 Å². The maximum Gasteiger partial charge on any atom is 0.289 e. The van der Waals surface area contributed by atoms with Crippen LogP contribution in [0.15, 0.2) is 65.7 Å². The van der Waals surface area contributed by atoms with Crippen LogP contribution >= 0.6 is 0 Å². The molecule has 2 aromatic carbocycles. The topological polar surface area (TPSA) is 33.6 Å². The first kappa shape index (κ1) is 14.1. The lowest BCUT2D eigenvalue weighted by Crippen LogP contribution is -2.40. The summed E-state index contributed by atoms with van der Waals surface area (Å²) in [4.78, 5) is 4.93. The van der Waals surface area contributed by atoms with Gasteiger partial charge in [-0.05, 0) is 48.3 Å². The first-order valence-corrected chi connectivity index (χ1v) is 8.96. The summed E-state index contributed by atoms with van der Waals surface area (Å²) in [6.45, 7) is 0.799. The van der Waals surface area contributed by atoms with Gasteiger partial charge in [0.2, 0.25) is 0 Å². The third-order valence-corrected chi connectivity index (χ3v) is 6.05. The van der Waals surface area contributed by atoms with E-state index in [1.807, 2.05) is 30.3 Å². The molecule has 2 saturated carbocycles. The molecule has 0 unspecified atom stereocenters. The van der Waals surface area contributed by atoms with Crippen LogP contribution in [0.1, 0.15) is 24.3 Å². The zero-order valence-electron chi connectivity index (χ0n) is 13.6.